The lowest BCUT2D eigenvalue weighted by Crippen LogP contribution is -2.40. The molecule has 0 bridgehead atoms. The summed E-state index contributed by atoms with van der Waals surface area (Å²) >= 11 is 2.80. The Labute approximate surface area is 163 Å². The normalized spacial score (nSPS) is 14.9. The molecule has 1 fully saturated rings. The second-order valence-corrected chi connectivity index (χ2v) is 8.29. The summed E-state index contributed by atoms with van der Waals surface area (Å²) in [6, 6.07) is 7.15. The maximum atomic E-state index is 14.0. The van der Waals surface area contributed by atoms with E-state index in [4.69, 9.17) is 4.74 Å². The molecule has 0 aromatic heterocycles. The molecule has 1 aliphatic rings. The van der Waals surface area contributed by atoms with Gasteiger partial charge in [-0.05, 0) is 46.3 Å². The highest BCUT2D eigenvalue weighted by Crippen LogP contribution is 2.25. The number of halogens is 3. The van der Waals surface area contributed by atoms with Gasteiger partial charge in [0, 0.05) is 24.3 Å². The predicted octanol–water partition coefficient (Wildman–Crippen LogP) is 3.00. The number of ether oxygens (including phenoxy) is 1. The van der Waals surface area contributed by atoms with Gasteiger partial charge in [-0.15, -0.1) is 0 Å². The zero-order valence-corrected chi connectivity index (χ0v) is 16.3. The first-order chi connectivity index (χ1) is 12.8. The summed E-state index contributed by atoms with van der Waals surface area (Å²) in [5.41, 5.74) is 0.344. The van der Waals surface area contributed by atoms with Gasteiger partial charge in [-0.25, -0.2) is 17.2 Å². The number of amides is 1. The molecule has 0 spiro atoms. The van der Waals surface area contributed by atoms with Crippen molar-refractivity contribution >= 4 is 37.5 Å². The number of hydrogen-bond acceptors (Lipinski definition) is 4. The lowest BCUT2D eigenvalue weighted by atomic mass is 10.1. The van der Waals surface area contributed by atoms with Crippen LogP contribution in [0.25, 0.3) is 0 Å². The number of carbonyl (C=O) groups excluding carboxylic acids is 1. The zero-order chi connectivity index (χ0) is 19.6. The maximum Gasteiger partial charge on any atom is 0.264 e. The number of hydrogen-bond donors (Lipinski definition) is 1. The average Bonchev–Trinajstić information content (AvgIpc) is 2.64. The maximum absolute atomic E-state index is 14.0. The van der Waals surface area contributed by atoms with Crippen LogP contribution < -0.4 is 4.72 Å². The van der Waals surface area contributed by atoms with E-state index in [0.717, 1.165) is 6.07 Å². The van der Waals surface area contributed by atoms with Gasteiger partial charge < -0.3 is 9.64 Å². The van der Waals surface area contributed by atoms with Crippen molar-refractivity contribution < 1.29 is 26.7 Å². The fraction of sp³-hybridized carbons (Fsp3) is 0.235. The lowest BCUT2D eigenvalue weighted by Gasteiger charge is -2.27. The molecule has 0 atom stereocenters. The molecule has 0 saturated carbocycles. The highest BCUT2D eigenvalue weighted by Gasteiger charge is 2.23. The molecule has 1 amide bonds. The molecule has 0 radical (unpaired) electrons. The fourth-order valence-electron chi connectivity index (χ4n) is 2.59. The smallest absolute Gasteiger partial charge is 0.264 e. The number of benzene rings is 2. The van der Waals surface area contributed by atoms with E-state index >= 15 is 0 Å². The third-order valence-corrected chi connectivity index (χ3v) is 5.93. The minimum Gasteiger partial charge on any atom is -0.378 e. The van der Waals surface area contributed by atoms with Gasteiger partial charge in [-0.1, -0.05) is 6.07 Å². The van der Waals surface area contributed by atoms with Crippen LogP contribution in [0.15, 0.2) is 45.8 Å². The van der Waals surface area contributed by atoms with Crippen molar-refractivity contribution in [3.8, 4) is 0 Å². The monoisotopic (exact) mass is 460 g/mol. The lowest BCUT2D eigenvalue weighted by molar-refractivity contribution is 0.0303. The van der Waals surface area contributed by atoms with E-state index in [2.05, 4.69) is 20.7 Å². The number of morpholine rings is 1. The van der Waals surface area contributed by atoms with E-state index in [-0.39, 0.29) is 21.6 Å². The van der Waals surface area contributed by atoms with Crippen LogP contribution in [-0.4, -0.2) is 45.5 Å². The number of anilines is 1. The molecule has 0 aliphatic carbocycles. The van der Waals surface area contributed by atoms with Gasteiger partial charge in [0.2, 0.25) is 0 Å². The largest absolute Gasteiger partial charge is 0.378 e. The van der Waals surface area contributed by atoms with Crippen molar-refractivity contribution in [2.24, 2.45) is 0 Å². The standard InChI is InChI=1S/C17H15BrF2N2O4S/c18-13-9-15(20)16(10-14(13)19)27(24,25)21-12-3-1-2-11(8-12)17(23)22-4-6-26-7-5-22/h1-3,8-10,21H,4-7H2. The highest BCUT2D eigenvalue weighted by molar-refractivity contribution is 9.10. The Balaban J connectivity index is 1.85. The summed E-state index contributed by atoms with van der Waals surface area (Å²) in [5.74, 6) is -2.27. The van der Waals surface area contributed by atoms with E-state index in [1.54, 1.807) is 11.0 Å². The van der Waals surface area contributed by atoms with Gasteiger partial charge in [0.05, 0.1) is 17.7 Å². The van der Waals surface area contributed by atoms with Crippen LogP contribution in [0, 0.1) is 11.6 Å². The van der Waals surface area contributed by atoms with Gasteiger partial charge in [0.1, 0.15) is 16.5 Å². The topological polar surface area (TPSA) is 75.7 Å². The summed E-state index contributed by atoms with van der Waals surface area (Å²) < 4.78 is 59.7. The second kappa shape index (κ2) is 7.91. The van der Waals surface area contributed by atoms with Crippen molar-refractivity contribution in [1.29, 1.82) is 0 Å². The Bertz CT molecular complexity index is 979. The van der Waals surface area contributed by atoms with Crippen LogP contribution in [0.4, 0.5) is 14.5 Å². The van der Waals surface area contributed by atoms with E-state index in [9.17, 15) is 22.0 Å². The highest BCUT2D eigenvalue weighted by atomic mass is 79.9. The van der Waals surface area contributed by atoms with Crippen LogP contribution in [0.3, 0.4) is 0 Å². The molecule has 144 valence electrons. The minimum absolute atomic E-state index is 0.0665. The van der Waals surface area contributed by atoms with E-state index in [0.29, 0.717) is 32.4 Å². The van der Waals surface area contributed by atoms with Crippen molar-refractivity contribution in [1.82, 2.24) is 4.90 Å². The molecule has 27 heavy (non-hydrogen) atoms. The summed E-state index contributed by atoms with van der Waals surface area (Å²) in [6.07, 6.45) is 0. The van der Waals surface area contributed by atoms with E-state index in [1.165, 1.54) is 18.2 Å². The third kappa shape index (κ3) is 4.45. The fourth-order valence-corrected chi connectivity index (χ4v) is 4.02. The van der Waals surface area contributed by atoms with Crippen molar-refractivity contribution in [2.45, 2.75) is 4.90 Å². The summed E-state index contributed by atoms with van der Waals surface area (Å²) in [4.78, 5) is 13.3. The predicted molar refractivity (Wildman–Crippen MR) is 98.0 cm³/mol. The van der Waals surface area contributed by atoms with Crippen LogP contribution >= 0.6 is 15.9 Å². The molecule has 1 heterocycles. The number of sulfonamides is 1. The molecule has 3 rings (SSSR count). The molecular weight excluding hydrogens is 446 g/mol. The second-order valence-electron chi connectivity index (χ2n) is 5.79. The van der Waals surface area contributed by atoms with Crippen molar-refractivity contribution in [3.05, 3.63) is 58.1 Å². The molecule has 2 aromatic rings. The number of rotatable bonds is 4. The Hall–Kier alpha value is -2.04. The molecule has 10 heteroatoms. The summed E-state index contributed by atoms with van der Waals surface area (Å²) in [7, 11) is -4.38. The molecule has 1 N–H and O–H groups in total. The van der Waals surface area contributed by atoms with E-state index < -0.39 is 26.6 Å². The van der Waals surface area contributed by atoms with Crippen molar-refractivity contribution in [2.75, 3.05) is 31.0 Å². The van der Waals surface area contributed by atoms with Gasteiger partial charge in [-0.3, -0.25) is 9.52 Å². The first kappa shape index (κ1) is 19.7. The Kier molecular flexibility index (Phi) is 5.78. The average molecular weight is 461 g/mol. The van der Waals surface area contributed by atoms with Crippen LogP contribution in [0.5, 0.6) is 0 Å². The van der Waals surface area contributed by atoms with Crippen LogP contribution in [-0.2, 0) is 14.8 Å². The van der Waals surface area contributed by atoms with E-state index in [1.807, 2.05) is 0 Å². The third-order valence-electron chi connectivity index (χ3n) is 3.92. The number of carbonyl (C=O) groups is 1. The van der Waals surface area contributed by atoms with Gasteiger partial charge in [-0.2, -0.15) is 0 Å². The molecule has 1 aliphatic heterocycles. The molecule has 2 aromatic carbocycles. The quantitative estimate of drug-likeness (QED) is 0.711. The zero-order valence-electron chi connectivity index (χ0n) is 13.9. The first-order valence-corrected chi connectivity index (χ1v) is 10.2. The molecular formula is C17H15BrF2N2O4S. The van der Waals surface area contributed by atoms with Crippen molar-refractivity contribution in [3.63, 3.8) is 0 Å². The molecule has 0 unspecified atom stereocenters. The van der Waals surface area contributed by atoms with Gasteiger partial charge >= 0.3 is 0 Å². The Morgan fingerprint density at radius 2 is 1.81 bits per heavy atom. The molecule has 6 nitrogen and oxygen atoms in total. The Morgan fingerprint density at radius 1 is 1.11 bits per heavy atom. The molecule has 1 saturated heterocycles. The van der Waals surface area contributed by atoms with Crippen LogP contribution in [0.2, 0.25) is 0 Å². The summed E-state index contributed by atoms with van der Waals surface area (Å²) in [5, 5.41) is 0. The van der Waals surface area contributed by atoms with Gasteiger partial charge in [0.15, 0.2) is 0 Å². The van der Waals surface area contributed by atoms with Gasteiger partial charge in [0.25, 0.3) is 15.9 Å². The summed E-state index contributed by atoms with van der Waals surface area (Å²) in [6.45, 7) is 1.76. The first-order valence-electron chi connectivity index (χ1n) is 7.92. The minimum atomic E-state index is -4.38. The number of nitrogens with zero attached hydrogens (tertiary/aromatic N) is 1. The Morgan fingerprint density at radius 3 is 2.52 bits per heavy atom. The SMILES string of the molecule is O=C(c1cccc(NS(=O)(=O)c2cc(F)c(Br)cc2F)c1)N1CCOCC1. The van der Waals surface area contributed by atoms with Crippen LogP contribution in [0.1, 0.15) is 10.4 Å². The number of nitrogens with one attached hydrogen (secondary N) is 1.